The summed E-state index contributed by atoms with van der Waals surface area (Å²) < 4.78 is 0. The van der Waals surface area contributed by atoms with Crippen LogP contribution in [0.3, 0.4) is 0 Å². The molecule has 0 saturated carbocycles. The fourth-order valence-electron chi connectivity index (χ4n) is 3.12. The Morgan fingerprint density at radius 2 is 1.37 bits per heavy atom. The van der Waals surface area contributed by atoms with Crippen LogP contribution in [0.5, 0.6) is 0 Å². The minimum absolute atomic E-state index is 0. The summed E-state index contributed by atoms with van der Waals surface area (Å²) in [6.07, 6.45) is 1.97. The highest BCUT2D eigenvalue weighted by Gasteiger charge is 2.23. The van der Waals surface area contributed by atoms with E-state index in [2.05, 4.69) is 20.9 Å². The van der Waals surface area contributed by atoms with Gasteiger partial charge in [0.2, 0.25) is 0 Å². The lowest BCUT2D eigenvalue weighted by molar-refractivity contribution is 0.713. The summed E-state index contributed by atoms with van der Waals surface area (Å²) in [5, 5.41) is 13.4. The Morgan fingerprint density at radius 1 is 0.867 bits per heavy atom. The number of anilines is 2. The van der Waals surface area contributed by atoms with Crippen molar-refractivity contribution in [3.8, 4) is 0 Å². The second-order valence-electron chi connectivity index (χ2n) is 6.40. The van der Waals surface area contributed by atoms with Gasteiger partial charge in [0, 0.05) is 21.2 Å². The lowest BCUT2D eigenvalue weighted by Gasteiger charge is -2.28. The Kier molecular flexibility index (Phi) is 9.67. The van der Waals surface area contributed by atoms with Crippen LogP contribution in [0.2, 0.25) is 20.1 Å². The highest BCUT2D eigenvalue weighted by atomic mass is 127. The summed E-state index contributed by atoms with van der Waals surface area (Å²) in [4.78, 5) is 4.47. The van der Waals surface area contributed by atoms with Crippen LogP contribution in [0.25, 0.3) is 0 Å². The molecule has 0 aliphatic carbocycles. The predicted molar refractivity (Wildman–Crippen MR) is 149 cm³/mol. The van der Waals surface area contributed by atoms with Gasteiger partial charge >= 0.3 is 0 Å². The first kappa shape index (κ1) is 26.1. The molecule has 2 aromatic rings. The second kappa shape index (κ2) is 11.1. The topological polar surface area (TPSA) is 48.5 Å². The molecule has 0 aromatic heterocycles. The number of thioether (sulfide) groups is 1. The minimum atomic E-state index is 0. The van der Waals surface area contributed by atoms with Crippen molar-refractivity contribution in [3.63, 3.8) is 0 Å². The van der Waals surface area contributed by atoms with Gasteiger partial charge in [0.1, 0.15) is 0 Å². The average Bonchev–Trinajstić information content (AvgIpc) is 2.67. The van der Waals surface area contributed by atoms with Crippen molar-refractivity contribution in [2.75, 3.05) is 16.9 Å². The molecule has 0 fully saturated rings. The first-order valence-corrected chi connectivity index (χ1v) is 11.8. The first-order chi connectivity index (χ1) is 13.7. The molecule has 30 heavy (non-hydrogen) atoms. The maximum absolute atomic E-state index is 6.13. The molecule has 2 aromatic carbocycles. The maximum atomic E-state index is 6.13. The Morgan fingerprint density at radius 3 is 1.93 bits per heavy atom. The zero-order chi connectivity index (χ0) is 21.3. The van der Waals surface area contributed by atoms with Gasteiger partial charge in [0.15, 0.2) is 10.3 Å². The molecule has 4 rings (SSSR count). The standard InChI is InChI=1S/C10H10Cl2N2S.C9H8Cl2N2S.HI/c1-5-8-6(11)3-4-7(12)9(8)14-10(13-5)15-2;1-4-7-5(10)2-3-6(11)8(7)13-9(14)12-4;/h3-5H,1-2H3,(H,13,14);2-4H,1H3,(H2,12,13,14);1H. The first-order valence-electron chi connectivity index (χ1n) is 8.65. The Hall–Kier alpha value is -0.160. The Balaban J connectivity index is 0.000000207. The van der Waals surface area contributed by atoms with Crippen LogP contribution in [0.1, 0.15) is 37.1 Å². The molecule has 2 aliphatic rings. The number of aliphatic imine (C=N–C) groups is 1. The van der Waals surface area contributed by atoms with E-state index in [9.17, 15) is 0 Å². The van der Waals surface area contributed by atoms with Crippen LogP contribution in [0.15, 0.2) is 29.3 Å². The molecule has 3 N–H and O–H groups in total. The lowest BCUT2D eigenvalue weighted by Crippen LogP contribution is -2.36. The van der Waals surface area contributed by atoms with E-state index in [-0.39, 0.29) is 36.1 Å². The molecule has 4 nitrogen and oxygen atoms in total. The fraction of sp³-hybridized carbons (Fsp3) is 0.263. The maximum Gasteiger partial charge on any atom is 0.171 e. The van der Waals surface area contributed by atoms with Crippen LogP contribution in [-0.2, 0) is 0 Å². The van der Waals surface area contributed by atoms with Gasteiger partial charge in [0.05, 0.1) is 33.5 Å². The zero-order valence-electron chi connectivity index (χ0n) is 16.1. The summed E-state index contributed by atoms with van der Waals surface area (Å²) in [6, 6.07) is 7.29. The van der Waals surface area contributed by atoms with Crippen molar-refractivity contribution in [1.82, 2.24) is 5.32 Å². The molecule has 0 saturated heterocycles. The molecular weight excluding hydrogens is 617 g/mol. The van der Waals surface area contributed by atoms with Crippen molar-refractivity contribution >= 4 is 116 Å². The van der Waals surface area contributed by atoms with Gasteiger partial charge in [-0.15, -0.1) is 24.0 Å². The molecule has 162 valence electrons. The van der Waals surface area contributed by atoms with Crippen molar-refractivity contribution in [1.29, 1.82) is 0 Å². The minimum Gasteiger partial charge on any atom is -0.356 e. The number of hydrogen-bond donors (Lipinski definition) is 3. The Bertz CT molecular complexity index is 1000. The number of fused-ring (bicyclic) bond motifs is 2. The smallest absolute Gasteiger partial charge is 0.171 e. The number of hydrogen-bond acceptors (Lipinski definition) is 4. The molecule has 0 amide bonds. The van der Waals surface area contributed by atoms with Gasteiger partial charge < -0.3 is 16.0 Å². The van der Waals surface area contributed by atoms with Crippen LogP contribution in [-0.4, -0.2) is 16.5 Å². The number of thiocarbonyl (C=S) groups is 1. The summed E-state index contributed by atoms with van der Waals surface area (Å²) in [5.41, 5.74) is 3.64. The van der Waals surface area contributed by atoms with Crippen molar-refractivity contribution < 1.29 is 0 Å². The Labute approximate surface area is 222 Å². The molecule has 0 bridgehead atoms. The van der Waals surface area contributed by atoms with E-state index in [1.165, 1.54) is 0 Å². The molecule has 2 unspecified atom stereocenters. The van der Waals surface area contributed by atoms with Crippen LogP contribution in [0.4, 0.5) is 11.4 Å². The molecule has 2 atom stereocenters. The van der Waals surface area contributed by atoms with Crippen LogP contribution in [0, 0.1) is 0 Å². The van der Waals surface area contributed by atoms with Gasteiger partial charge in [-0.05, 0) is 56.6 Å². The average molecular weight is 636 g/mol. The van der Waals surface area contributed by atoms with Gasteiger partial charge in [0.25, 0.3) is 0 Å². The number of rotatable bonds is 0. The molecule has 11 heteroatoms. The zero-order valence-corrected chi connectivity index (χ0v) is 23.1. The lowest BCUT2D eigenvalue weighted by atomic mass is 10.0. The van der Waals surface area contributed by atoms with E-state index < -0.39 is 0 Å². The van der Waals surface area contributed by atoms with Gasteiger partial charge in [-0.2, -0.15) is 0 Å². The largest absolute Gasteiger partial charge is 0.356 e. The molecule has 2 aliphatic heterocycles. The van der Waals surface area contributed by atoms with E-state index in [1.807, 2.05) is 20.1 Å². The van der Waals surface area contributed by atoms with Gasteiger partial charge in [-0.25, -0.2) is 0 Å². The second-order valence-corrected chi connectivity index (χ2v) is 9.23. The van der Waals surface area contributed by atoms with Crippen molar-refractivity contribution in [2.45, 2.75) is 25.9 Å². The number of halogens is 5. The summed E-state index contributed by atoms with van der Waals surface area (Å²) >= 11 is 31.0. The van der Waals surface area contributed by atoms with Crippen LogP contribution >= 0.6 is 94.4 Å². The molecule has 0 spiro atoms. The molecular formula is C19H19Cl4IN4S2. The molecule has 2 heterocycles. The highest BCUT2D eigenvalue weighted by Crippen LogP contribution is 2.41. The van der Waals surface area contributed by atoms with Crippen molar-refractivity contribution in [2.24, 2.45) is 4.99 Å². The van der Waals surface area contributed by atoms with Crippen molar-refractivity contribution in [3.05, 3.63) is 55.5 Å². The number of benzene rings is 2. The number of amidine groups is 1. The SMILES string of the molecule is CC1NC(=S)Nc2c(Cl)ccc(Cl)c21.CSC1=NC(C)c2c(Cl)ccc(Cl)c2N1.I. The van der Waals surface area contributed by atoms with E-state index in [0.717, 1.165) is 27.7 Å². The predicted octanol–water partition coefficient (Wildman–Crippen LogP) is 8.17. The van der Waals surface area contributed by atoms with E-state index in [1.54, 1.807) is 36.0 Å². The van der Waals surface area contributed by atoms with Gasteiger partial charge in [-0.3, -0.25) is 4.99 Å². The number of nitrogens with one attached hydrogen (secondary N) is 3. The monoisotopic (exact) mass is 634 g/mol. The van der Waals surface area contributed by atoms with E-state index in [0.29, 0.717) is 25.2 Å². The summed E-state index contributed by atoms with van der Waals surface area (Å²) in [7, 11) is 0. The third-order valence-electron chi connectivity index (χ3n) is 4.46. The summed E-state index contributed by atoms with van der Waals surface area (Å²) in [6.45, 7) is 4.01. The van der Waals surface area contributed by atoms with E-state index >= 15 is 0 Å². The third-order valence-corrected chi connectivity index (χ3v) is 6.56. The summed E-state index contributed by atoms with van der Waals surface area (Å²) in [5.74, 6) is 0. The van der Waals surface area contributed by atoms with Crippen LogP contribution < -0.4 is 16.0 Å². The number of nitrogens with zero attached hydrogens (tertiary/aromatic N) is 1. The highest BCUT2D eigenvalue weighted by molar-refractivity contribution is 14.0. The van der Waals surface area contributed by atoms with Gasteiger partial charge in [-0.1, -0.05) is 58.2 Å². The fourth-order valence-corrected chi connectivity index (χ4v) is 4.93. The quantitative estimate of drug-likeness (QED) is 0.201. The van der Waals surface area contributed by atoms with E-state index in [4.69, 9.17) is 58.6 Å². The molecule has 0 radical (unpaired) electrons. The third kappa shape index (κ3) is 5.60. The normalized spacial score (nSPS) is 18.8.